The number of para-hydroxylation sites is 1. The quantitative estimate of drug-likeness (QED) is 0.881. The Labute approximate surface area is 117 Å². The molecule has 4 nitrogen and oxygen atoms in total. The standard InChI is InChI=1S/C16H15NO3/c1-10-6-7-12(9-13(10)18)17-16(19)15-8-11-4-2-3-5-14(11)20-15/h2-7,9,15,18H,8H2,1H3,(H,17,19). The molecule has 1 aliphatic heterocycles. The van der Waals surface area contributed by atoms with Crippen LogP contribution in [0.1, 0.15) is 11.1 Å². The highest BCUT2D eigenvalue weighted by Gasteiger charge is 2.28. The molecular formula is C16H15NO3. The number of aryl methyl sites for hydroxylation is 1. The minimum absolute atomic E-state index is 0.165. The average molecular weight is 269 g/mol. The van der Waals surface area contributed by atoms with E-state index in [2.05, 4.69) is 5.32 Å². The van der Waals surface area contributed by atoms with Gasteiger partial charge in [0.1, 0.15) is 11.5 Å². The van der Waals surface area contributed by atoms with Crippen molar-refractivity contribution < 1.29 is 14.6 Å². The lowest BCUT2D eigenvalue weighted by Crippen LogP contribution is -2.31. The van der Waals surface area contributed by atoms with Crippen LogP contribution in [-0.2, 0) is 11.2 Å². The van der Waals surface area contributed by atoms with Gasteiger partial charge in [0.2, 0.25) is 0 Å². The number of rotatable bonds is 2. The third-order valence-electron chi connectivity index (χ3n) is 3.42. The first-order chi connectivity index (χ1) is 9.63. The Balaban J connectivity index is 1.71. The van der Waals surface area contributed by atoms with Crippen molar-refractivity contribution in [1.29, 1.82) is 0 Å². The third kappa shape index (κ3) is 2.32. The van der Waals surface area contributed by atoms with Crippen LogP contribution in [0.15, 0.2) is 42.5 Å². The lowest BCUT2D eigenvalue weighted by atomic mass is 10.1. The minimum Gasteiger partial charge on any atom is -0.508 e. The molecule has 0 fully saturated rings. The maximum Gasteiger partial charge on any atom is 0.265 e. The zero-order chi connectivity index (χ0) is 14.1. The van der Waals surface area contributed by atoms with Gasteiger partial charge in [-0.2, -0.15) is 0 Å². The number of hydrogen-bond donors (Lipinski definition) is 2. The van der Waals surface area contributed by atoms with E-state index in [1.807, 2.05) is 24.3 Å². The molecule has 0 aliphatic carbocycles. The summed E-state index contributed by atoms with van der Waals surface area (Å²) in [5.74, 6) is 0.724. The van der Waals surface area contributed by atoms with E-state index in [-0.39, 0.29) is 11.7 Å². The van der Waals surface area contributed by atoms with Crippen LogP contribution in [0.4, 0.5) is 5.69 Å². The minimum atomic E-state index is -0.518. The number of benzene rings is 2. The summed E-state index contributed by atoms with van der Waals surface area (Å²) in [6.45, 7) is 1.80. The summed E-state index contributed by atoms with van der Waals surface area (Å²) < 4.78 is 5.62. The van der Waals surface area contributed by atoms with Crippen LogP contribution in [0.2, 0.25) is 0 Å². The molecule has 1 atom stereocenters. The second kappa shape index (κ2) is 4.89. The molecule has 4 heteroatoms. The molecule has 0 saturated heterocycles. The van der Waals surface area contributed by atoms with Gasteiger partial charge in [0.25, 0.3) is 5.91 Å². The summed E-state index contributed by atoms with van der Waals surface area (Å²) in [4.78, 5) is 12.2. The molecule has 3 rings (SSSR count). The number of phenolic OH excluding ortho intramolecular Hbond substituents is 1. The number of carbonyl (C=O) groups is 1. The normalized spacial score (nSPS) is 16.4. The van der Waals surface area contributed by atoms with Crippen LogP contribution in [0, 0.1) is 6.92 Å². The molecule has 20 heavy (non-hydrogen) atoms. The largest absolute Gasteiger partial charge is 0.508 e. The molecule has 0 bridgehead atoms. The molecule has 2 N–H and O–H groups in total. The fourth-order valence-electron chi connectivity index (χ4n) is 2.24. The maximum atomic E-state index is 12.2. The Hall–Kier alpha value is -2.49. The van der Waals surface area contributed by atoms with Gasteiger partial charge in [-0.1, -0.05) is 24.3 Å². The van der Waals surface area contributed by atoms with Gasteiger partial charge in [0, 0.05) is 18.2 Å². The van der Waals surface area contributed by atoms with E-state index in [9.17, 15) is 9.90 Å². The van der Waals surface area contributed by atoms with Crippen LogP contribution >= 0.6 is 0 Å². The van der Waals surface area contributed by atoms with Gasteiger partial charge in [0.05, 0.1) is 0 Å². The Morgan fingerprint density at radius 1 is 1.30 bits per heavy atom. The van der Waals surface area contributed by atoms with Gasteiger partial charge >= 0.3 is 0 Å². The highest BCUT2D eigenvalue weighted by molar-refractivity contribution is 5.95. The Morgan fingerprint density at radius 3 is 2.85 bits per heavy atom. The highest BCUT2D eigenvalue weighted by Crippen LogP contribution is 2.29. The molecule has 0 aromatic heterocycles. The molecule has 0 spiro atoms. The topological polar surface area (TPSA) is 58.6 Å². The van der Waals surface area contributed by atoms with Gasteiger partial charge in [-0.25, -0.2) is 0 Å². The number of aromatic hydroxyl groups is 1. The highest BCUT2D eigenvalue weighted by atomic mass is 16.5. The SMILES string of the molecule is Cc1ccc(NC(=O)C2Cc3ccccc3O2)cc1O. The predicted octanol–water partition coefficient (Wildman–Crippen LogP) is 2.64. The number of ether oxygens (including phenoxy) is 1. The predicted molar refractivity (Wildman–Crippen MR) is 76.0 cm³/mol. The molecule has 1 heterocycles. The molecule has 0 radical (unpaired) electrons. The average Bonchev–Trinajstić information content (AvgIpc) is 2.87. The van der Waals surface area contributed by atoms with Crippen LogP contribution in [0.25, 0.3) is 0 Å². The van der Waals surface area contributed by atoms with E-state index in [1.54, 1.807) is 19.1 Å². The zero-order valence-electron chi connectivity index (χ0n) is 11.1. The van der Waals surface area contributed by atoms with Crippen molar-refractivity contribution >= 4 is 11.6 Å². The zero-order valence-corrected chi connectivity index (χ0v) is 11.1. The van der Waals surface area contributed by atoms with Crippen molar-refractivity contribution in [3.63, 3.8) is 0 Å². The van der Waals surface area contributed by atoms with Crippen LogP contribution in [-0.4, -0.2) is 17.1 Å². The first-order valence-electron chi connectivity index (χ1n) is 6.48. The van der Waals surface area contributed by atoms with Crippen LogP contribution in [0.5, 0.6) is 11.5 Å². The summed E-state index contributed by atoms with van der Waals surface area (Å²) >= 11 is 0. The molecule has 1 unspecified atom stereocenters. The smallest absolute Gasteiger partial charge is 0.265 e. The van der Waals surface area contributed by atoms with Gasteiger partial charge in [0.15, 0.2) is 6.10 Å². The summed E-state index contributed by atoms with van der Waals surface area (Å²) in [5.41, 5.74) is 2.38. The van der Waals surface area contributed by atoms with Crippen molar-refractivity contribution in [1.82, 2.24) is 0 Å². The van der Waals surface area contributed by atoms with Gasteiger partial charge < -0.3 is 15.2 Å². The Bertz CT molecular complexity index is 642. The number of nitrogens with one attached hydrogen (secondary N) is 1. The summed E-state index contributed by atoms with van der Waals surface area (Å²) in [5, 5.41) is 12.4. The number of hydrogen-bond acceptors (Lipinski definition) is 3. The van der Waals surface area contributed by atoms with E-state index >= 15 is 0 Å². The number of anilines is 1. The van der Waals surface area contributed by atoms with E-state index in [0.717, 1.165) is 16.9 Å². The van der Waals surface area contributed by atoms with Crippen molar-refractivity contribution in [3.05, 3.63) is 53.6 Å². The Morgan fingerprint density at radius 2 is 2.10 bits per heavy atom. The molecule has 2 aromatic carbocycles. The third-order valence-corrected chi connectivity index (χ3v) is 3.42. The molecule has 2 aromatic rings. The van der Waals surface area contributed by atoms with Crippen LogP contribution < -0.4 is 10.1 Å². The van der Waals surface area contributed by atoms with Crippen LogP contribution in [0.3, 0.4) is 0 Å². The van der Waals surface area contributed by atoms with Crippen molar-refractivity contribution in [2.75, 3.05) is 5.32 Å². The second-order valence-electron chi connectivity index (χ2n) is 4.91. The van der Waals surface area contributed by atoms with Gasteiger partial charge in [-0.05, 0) is 30.2 Å². The lowest BCUT2D eigenvalue weighted by molar-refractivity contribution is -0.122. The fourth-order valence-corrected chi connectivity index (χ4v) is 2.24. The van der Waals surface area contributed by atoms with Gasteiger partial charge in [-0.3, -0.25) is 4.79 Å². The van der Waals surface area contributed by atoms with Crippen molar-refractivity contribution in [2.45, 2.75) is 19.4 Å². The van der Waals surface area contributed by atoms with Crippen molar-refractivity contribution in [2.24, 2.45) is 0 Å². The molecular weight excluding hydrogens is 254 g/mol. The first-order valence-corrected chi connectivity index (χ1v) is 6.48. The molecule has 102 valence electrons. The molecule has 0 saturated carbocycles. The number of amides is 1. The monoisotopic (exact) mass is 269 g/mol. The van der Waals surface area contributed by atoms with E-state index in [0.29, 0.717) is 12.1 Å². The van der Waals surface area contributed by atoms with Gasteiger partial charge in [-0.15, -0.1) is 0 Å². The number of phenols is 1. The lowest BCUT2D eigenvalue weighted by Gasteiger charge is -2.12. The van der Waals surface area contributed by atoms with E-state index in [1.165, 1.54) is 6.07 Å². The Kier molecular flexibility index (Phi) is 3.06. The van der Waals surface area contributed by atoms with E-state index in [4.69, 9.17) is 4.74 Å². The van der Waals surface area contributed by atoms with E-state index < -0.39 is 6.10 Å². The summed E-state index contributed by atoms with van der Waals surface area (Å²) in [6, 6.07) is 12.7. The fraction of sp³-hybridized carbons (Fsp3) is 0.188. The summed E-state index contributed by atoms with van der Waals surface area (Å²) in [7, 11) is 0. The number of carbonyl (C=O) groups excluding carboxylic acids is 1. The second-order valence-corrected chi connectivity index (χ2v) is 4.91. The van der Waals surface area contributed by atoms with Crippen molar-refractivity contribution in [3.8, 4) is 11.5 Å². The molecule has 1 amide bonds. The maximum absolute atomic E-state index is 12.2. The first kappa shape index (κ1) is 12.5. The molecule has 1 aliphatic rings. The number of fused-ring (bicyclic) bond motifs is 1. The summed E-state index contributed by atoms with van der Waals surface area (Å²) in [6.07, 6.45) is 0.0516.